The molecular weight excluding hydrogens is 280 g/mol. The lowest BCUT2D eigenvalue weighted by atomic mass is 10.2. The third kappa shape index (κ3) is 6.75. The largest absolute Gasteiger partial charge is 0.490 e. The van der Waals surface area contributed by atoms with Crippen LogP contribution in [0.4, 0.5) is 0 Å². The number of ether oxygens (including phenoxy) is 2. The molecule has 0 unspecified atom stereocenters. The van der Waals surface area contributed by atoms with Crippen molar-refractivity contribution in [2.75, 3.05) is 40.0 Å². The van der Waals surface area contributed by atoms with Crippen molar-refractivity contribution < 1.29 is 14.3 Å². The van der Waals surface area contributed by atoms with Gasteiger partial charge in [0, 0.05) is 20.2 Å². The number of para-hydroxylation sites is 1. The predicted molar refractivity (Wildman–Crippen MR) is 81.9 cm³/mol. The van der Waals surface area contributed by atoms with Gasteiger partial charge in [0.2, 0.25) is 0 Å². The van der Waals surface area contributed by atoms with E-state index in [2.05, 4.69) is 10.6 Å². The van der Waals surface area contributed by atoms with Gasteiger partial charge in [-0.25, -0.2) is 0 Å². The lowest BCUT2D eigenvalue weighted by molar-refractivity contribution is 0.0946. The van der Waals surface area contributed by atoms with E-state index in [0.29, 0.717) is 31.1 Å². The van der Waals surface area contributed by atoms with Crippen molar-refractivity contribution in [2.24, 2.45) is 0 Å². The van der Waals surface area contributed by atoms with Crippen LogP contribution in [0, 0.1) is 0 Å². The van der Waals surface area contributed by atoms with E-state index in [-0.39, 0.29) is 18.3 Å². The highest BCUT2D eigenvalue weighted by Crippen LogP contribution is 2.17. The van der Waals surface area contributed by atoms with Crippen molar-refractivity contribution >= 4 is 18.3 Å². The number of hydrogen-bond acceptors (Lipinski definition) is 4. The summed E-state index contributed by atoms with van der Waals surface area (Å²) in [6.45, 7) is 5.20. The molecule has 0 atom stereocenters. The van der Waals surface area contributed by atoms with Gasteiger partial charge in [0.15, 0.2) is 0 Å². The summed E-state index contributed by atoms with van der Waals surface area (Å²) in [5, 5.41) is 6.00. The van der Waals surface area contributed by atoms with Crippen molar-refractivity contribution in [3.63, 3.8) is 0 Å². The number of benzene rings is 1. The van der Waals surface area contributed by atoms with Gasteiger partial charge >= 0.3 is 0 Å². The Labute approximate surface area is 126 Å². The molecule has 114 valence electrons. The van der Waals surface area contributed by atoms with Crippen molar-refractivity contribution in [1.82, 2.24) is 10.6 Å². The van der Waals surface area contributed by atoms with E-state index in [1.54, 1.807) is 19.2 Å². The summed E-state index contributed by atoms with van der Waals surface area (Å²) in [4.78, 5) is 12.0. The molecule has 1 aromatic rings. The molecule has 20 heavy (non-hydrogen) atoms. The van der Waals surface area contributed by atoms with Crippen LogP contribution in [0.3, 0.4) is 0 Å². The summed E-state index contributed by atoms with van der Waals surface area (Å²) in [6, 6.07) is 7.21. The first kappa shape index (κ1) is 18.7. The van der Waals surface area contributed by atoms with Gasteiger partial charge in [0.1, 0.15) is 12.4 Å². The van der Waals surface area contributed by atoms with E-state index in [9.17, 15) is 4.79 Å². The van der Waals surface area contributed by atoms with Crippen molar-refractivity contribution in [1.29, 1.82) is 0 Å². The second-order valence-corrected chi connectivity index (χ2v) is 3.95. The fourth-order valence-electron chi connectivity index (χ4n) is 1.55. The zero-order chi connectivity index (χ0) is 13.9. The Kier molecular flexibility index (Phi) is 10.8. The SMILES string of the molecule is CCNCCNC(=O)c1ccccc1OCCOC.Cl. The number of methoxy groups -OCH3 is 1. The van der Waals surface area contributed by atoms with Crippen molar-refractivity contribution in [3.05, 3.63) is 29.8 Å². The Morgan fingerprint density at radius 3 is 2.65 bits per heavy atom. The van der Waals surface area contributed by atoms with Gasteiger partial charge in [-0.3, -0.25) is 4.79 Å². The van der Waals surface area contributed by atoms with Crippen LogP contribution in [0.25, 0.3) is 0 Å². The molecule has 0 saturated carbocycles. The molecular formula is C14H23ClN2O3. The zero-order valence-corrected chi connectivity index (χ0v) is 12.8. The second kappa shape index (κ2) is 11.5. The van der Waals surface area contributed by atoms with Crippen molar-refractivity contribution in [3.8, 4) is 5.75 Å². The summed E-state index contributed by atoms with van der Waals surface area (Å²) >= 11 is 0. The standard InChI is InChI=1S/C14H22N2O3.ClH/c1-3-15-8-9-16-14(17)12-6-4-5-7-13(12)19-11-10-18-2;/h4-7,15H,3,8-11H2,1-2H3,(H,16,17);1H. The van der Waals surface area contributed by atoms with E-state index in [1.165, 1.54) is 0 Å². The quantitative estimate of drug-likeness (QED) is 0.678. The minimum atomic E-state index is -0.120. The third-order valence-electron chi connectivity index (χ3n) is 2.51. The Morgan fingerprint density at radius 2 is 1.95 bits per heavy atom. The molecule has 0 heterocycles. The lowest BCUT2D eigenvalue weighted by Gasteiger charge is -2.11. The maximum atomic E-state index is 12.0. The smallest absolute Gasteiger partial charge is 0.255 e. The maximum absolute atomic E-state index is 12.0. The summed E-state index contributed by atoms with van der Waals surface area (Å²) < 4.78 is 10.4. The van der Waals surface area contributed by atoms with Gasteiger partial charge in [-0.1, -0.05) is 19.1 Å². The molecule has 0 radical (unpaired) electrons. The van der Waals surface area contributed by atoms with E-state index >= 15 is 0 Å². The van der Waals surface area contributed by atoms with Crippen LogP contribution in [0.1, 0.15) is 17.3 Å². The molecule has 0 spiro atoms. The predicted octanol–water partition coefficient (Wildman–Crippen LogP) is 1.47. The first-order valence-corrected chi connectivity index (χ1v) is 6.49. The highest BCUT2D eigenvalue weighted by Gasteiger charge is 2.11. The molecule has 1 aromatic carbocycles. The monoisotopic (exact) mass is 302 g/mol. The fourth-order valence-corrected chi connectivity index (χ4v) is 1.55. The molecule has 0 aliphatic rings. The number of amides is 1. The maximum Gasteiger partial charge on any atom is 0.255 e. The van der Waals surface area contributed by atoms with Crippen LogP contribution in [-0.2, 0) is 4.74 Å². The van der Waals surface area contributed by atoms with Gasteiger partial charge in [-0.2, -0.15) is 0 Å². The minimum Gasteiger partial charge on any atom is -0.490 e. The second-order valence-electron chi connectivity index (χ2n) is 3.95. The van der Waals surface area contributed by atoms with E-state index < -0.39 is 0 Å². The molecule has 2 N–H and O–H groups in total. The number of nitrogens with one attached hydrogen (secondary N) is 2. The van der Waals surface area contributed by atoms with E-state index in [4.69, 9.17) is 9.47 Å². The number of hydrogen-bond donors (Lipinski definition) is 2. The molecule has 0 aliphatic heterocycles. The van der Waals surface area contributed by atoms with Gasteiger partial charge < -0.3 is 20.1 Å². The number of likely N-dealkylation sites (N-methyl/N-ethyl adjacent to an activating group) is 1. The summed E-state index contributed by atoms with van der Waals surface area (Å²) in [5.41, 5.74) is 0.551. The van der Waals surface area contributed by atoms with Gasteiger partial charge in [-0.15, -0.1) is 12.4 Å². The Hall–Kier alpha value is -1.30. The topological polar surface area (TPSA) is 59.6 Å². The Bertz CT molecular complexity index is 388. The van der Waals surface area contributed by atoms with Crippen LogP contribution in [0.2, 0.25) is 0 Å². The van der Waals surface area contributed by atoms with Crippen molar-refractivity contribution in [2.45, 2.75) is 6.92 Å². The Morgan fingerprint density at radius 1 is 1.20 bits per heavy atom. The van der Waals surface area contributed by atoms with Crippen LogP contribution in [-0.4, -0.2) is 45.9 Å². The average Bonchev–Trinajstić information content (AvgIpc) is 2.44. The summed E-state index contributed by atoms with van der Waals surface area (Å²) in [6.07, 6.45) is 0. The zero-order valence-electron chi connectivity index (χ0n) is 12.0. The van der Waals surface area contributed by atoms with Gasteiger partial charge in [-0.05, 0) is 18.7 Å². The minimum absolute atomic E-state index is 0. The number of carbonyl (C=O) groups excluding carboxylic acids is 1. The van der Waals surface area contributed by atoms with E-state index in [1.807, 2.05) is 19.1 Å². The molecule has 0 aromatic heterocycles. The average molecular weight is 303 g/mol. The van der Waals surface area contributed by atoms with Gasteiger partial charge in [0.05, 0.1) is 12.2 Å². The third-order valence-corrected chi connectivity index (χ3v) is 2.51. The van der Waals surface area contributed by atoms with Crippen LogP contribution >= 0.6 is 12.4 Å². The molecule has 1 amide bonds. The molecule has 6 heteroatoms. The molecule has 0 fully saturated rings. The molecule has 1 rings (SSSR count). The number of carbonyl (C=O) groups is 1. The van der Waals surface area contributed by atoms with Crippen LogP contribution < -0.4 is 15.4 Å². The first-order chi connectivity index (χ1) is 9.29. The highest BCUT2D eigenvalue weighted by molar-refractivity contribution is 5.96. The number of rotatable bonds is 9. The molecule has 0 saturated heterocycles. The van der Waals surface area contributed by atoms with E-state index in [0.717, 1.165) is 13.1 Å². The normalized spacial score (nSPS) is 9.70. The molecule has 0 aliphatic carbocycles. The summed E-state index contributed by atoms with van der Waals surface area (Å²) in [5.74, 6) is 0.464. The molecule has 5 nitrogen and oxygen atoms in total. The van der Waals surface area contributed by atoms with Crippen LogP contribution in [0.15, 0.2) is 24.3 Å². The summed E-state index contributed by atoms with van der Waals surface area (Å²) in [7, 11) is 1.61. The first-order valence-electron chi connectivity index (χ1n) is 6.49. The Balaban J connectivity index is 0.00000361. The lowest BCUT2D eigenvalue weighted by Crippen LogP contribution is -2.32. The fraction of sp³-hybridized carbons (Fsp3) is 0.500. The number of halogens is 1. The van der Waals surface area contributed by atoms with Crippen LogP contribution in [0.5, 0.6) is 5.75 Å². The van der Waals surface area contributed by atoms with Gasteiger partial charge in [0.25, 0.3) is 5.91 Å². The highest BCUT2D eigenvalue weighted by atomic mass is 35.5. The molecule has 0 bridgehead atoms.